The number of halogens is 2. The average molecular weight is 314 g/mol. The lowest BCUT2D eigenvalue weighted by molar-refractivity contribution is 0.00578. The van der Waals surface area contributed by atoms with Crippen molar-refractivity contribution in [2.45, 2.75) is 45.5 Å². The molecule has 1 aliphatic rings. The highest BCUT2D eigenvalue weighted by Gasteiger charge is 2.53. The Balaban J connectivity index is 2.51. The molecule has 0 aliphatic carbocycles. The number of methoxy groups -OCH3 is 2. The third-order valence-corrected chi connectivity index (χ3v) is 4.28. The maximum Gasteiger partial charge on any atom is 0.498 e. The molecule has 0 aromatic heterocycles. The lowest BCUT2D eigenvalue weighted by Gasteiger charge is -2.32. The number of hydrogen-bond donors (Lipinski definition) is 0. The summed E-state index contributed by atoms with van der Waals surface area (Å²) < 4.78 is 49.9. The third kappa shape index (κ3) is 2.73. The molecular weight excluding hydrogens is 293 g/mol. The van der Waals surface area contributed by atoms with Crippen LogP contribution in [0.25, 0.3) is 0 Å². The second-order valence-electron chi connectivity index (χ2n) is 6.31. The second-order valence-corrected chi connectivity index (χ2v) is 6.31. The lowest BCUT2D eigenvalue weighted by Crippen LogP contribution is -2.41. The second kappa shape index (κ2) is 5.79. The number of ether oxygens (including phenoxy) is 2. The minimum Gasteiger partial charge on any atom is -0.494 e. The fourth-order valence-corrected chi connectivity index (χ4v) is 2.30. The van der Waals surface area contributed by atoms with E-state index in [2.05, 4.69) is 0 Å². The van der Waals surface area contributed by atoms with Crippen LogP contribution in [0, 0.1) is 11.6 Å². The van der Waals surface area contributed by atoms with Crippen molar-refractivity contribution in [1.82, 2.24) is 0 Å². The molecule has 122 valence electrons. The molecule has 1 aliphatic heterocycles. The molecule has 0 N–H and O–H groups in total. The largest absolute Gasteiger partial charge is 0.498 e. The van der Waals surface area contributed by atoms with Crippen molar-refractivity contribution < 1.29 is 27.6 Å². The molecule has 2 rings (SSSR count). The van der Waals surface area contributed by atoms with E-state index >= 15 is 0 Å². The first-order chi connectivity index (χ1) is 10.1. The van der Waals surface area contributed by atoms with Crippen molar-refractivity contribution in [2.24, 2.45) is 0 Å². The zero-order valence-corrected chi connectivity index (χ0v) is 13.8. The van der Waals surface area contributed by atoms with Gasteiger partial charge < -0.3 is 18.8 Å². The summed E-state index contributed by atoms with van der Waals surface area (Å²) in [6.45, 7) is 7.48. The van der Waals surface area contributed by atoms with Gasteiger partial charge in [0.25, 0.3) is 0 Å². The quantitative estimate of drug-likeness (QED) is 0.800. The van der Waals surface area contributed by atoms with Gasteiger partial charge in [-0.15, -0.1) is 0 Å². The first-order valence-electron chi connectivity index (χ1n) is 7.04. The lowest BCUT2D eigenvalue weighted by atomic mass is 9.77. The molecule has 0 radical (unpaired) electrons. The Labute approximate surface area is 129 Å². The zero-order chi connectivity index (χ0) is 16.7. The van der Waals surface area contributed by atoms with Crippen LogP contribution >= 0.6 is 0 Å². The molecule has 7 heteroatoms. The van der Waals surface area contributed by atoms with Crippen LogP contribution in [0.2, 0.25) is 0 Å². The van der Waals surface area contributed by atoms with Gasteiger partial charge in [0.2, 0.25) is 5.82 Å². The molecule has 1 fully saturated rings. The molecule has 0 saturated carbocycles. The fraction of sp³-hybridized carbons (Fsp3) is 0.600. The molecule has 4 nitrogen and oxygen atoms in total. The van der Waals surface area contributed by atoms with E-state index in [9.17, 15) is 8.78 Å². The first-order valence-corrected chi connectivity index (χ1v) is 7.04. The normalized spacial score (nSPS) is 19.5. The van der Waals surface area contributed by atoms with Crippen molar-refractivity contribution in [3.8, 4) is 5.75 Å². The third-order valence-electron chi connectivity index (χ3n) is 4.28. The van der Waals surface area contributed by atoms with Crippen LogP contribution in [-0.2, 0) is 20.7 Å². The zero-order valence-electron chi connectivity index (χ0n) is 13.8. The minimum absolute atomic E-state index is 0.0563. The Bertz CT molecular complexity index is 559. The van der Waals surface area contributed by atoms with E-state index < -0.39 is 30.0 Å². The van der Waals surface area contributed by atoms with Gasteiger partial charge in [-0.3, -0.25) is 0 Å². The van der Waals surface area contributed by atoms with Crippen LogP contribution in [-0.4, -0.2) is 32.5 Å². The Kier molecular flexibility index (Phi) is 4.52. The van der Waals surface area contributed by atoms with Crippen LogP contribution in [0.5, 0.6) is 5.75 Å². The summed E-state index contributed by atoms with van der Waals surface area (Å²) in [6.07, 6.45) is 0. The number of rotatable bonds is 4. The van der Waals surface area contributed by atoms with Crippen molar-refractivity contribution in [3.05, 3.63) is 23.3 Å². The van der Waals surface area contributed by atoms with Gasteiger partial charge in [0.15, 0.2) is 11.6 Å². The Morgan fingerprint density at radius 2 is 1.59 bits per heavy atom. The molecule has 1 heterocycles. The summed E-state index contributed by atoms with van der Waals surface area (Å²) in [5, 5.41) is 0. The van der Waals surface area contributed by atoms with Gasteiger partial charge in [-0.1, -0.05) is 6.07 Å². The Hall–Kier alpha value is -1.18. The van der Waals surface area contributed by atoms with E-state index in [1.54, 1.807) is 0 Å². The van der Waals surface area contributed by atoms with Gasteiger partial charge in [-0.05, 0) is 27.7 Å². The Morgan fingerprint density at radius 3 is 2.05 bits per heavy atom. The monoisotopic (exact) mass is 314 g/mol. The summed E-state index contributed by atoms with van der Waals surface area (Å²) in [5.74, 6) is -2.27. The highest BCUT2D eigenvalue weighted by molar-refractivity contribution is 6.63. The van der Waals surface area contributed by atoms with Crippen molar-refractivity contribution in [3.63, 3.8) is 0 Å². The highest BCUT2D eigenvalue weighted by atomic mass is 19.2. The van der Waals surface area contributed by atoms with Crippen LogP contribution in [0.1, 0.15) is 33.3 Å². The van der Waals surface area contributed by atoms with Crippen LogP contribution in [0.4, 0.5) is 8.78 Å². The van der Waals surface area contributed by atoms with Gasteiger partial charge in [0.05, 0.1) is 24.9 Å². The molecular formula is C15H21BF2O4. The molecule has 1 saturated heterocycles. The predicted molar refractivity (Wildman–Crippen MR) is 79.3 cm³/mol. The van der Waals surface area contributed by atoms with Crippen LogP contribution in [0.15, 0.2) is 6.07 Å². The van der Waals surface area contributed by atoms with Gasteiger partial charge in [-0.25, -0.2) is 4.39 Å². The van der Waals surface area contributed by atoms with Gasteiger partial charge in [0.1, 0.15) is 0 Å². The summed E-state index contributed by atoms with van der Waals surface area (Å²) in [6, 6.07) is 1.46. The van der Waals surface area contributed by atoms with Gasteiger partial charge in [-0.2, -0.15) is 4.39 Å². The number of benzene rings is 1. The number of hydrogen-bond acceptors (Lipinski definition) is 4. The van der Waals surface area contributed by atoms with E-state index in [1.165, 1.54) is 20.3 Å². The summed E-state index contributed by atoms with van der Waals surface area (Å²) in [7, 11) is 1.85. The van der Waals surface area contributed by atoms with Gasteiger partial charge in [0, 0.05) is 18.1 Å². The van der Waals surface area contributed by atoms with E-state index in [-0.39, 0.29) is 17.9 Å². The molecule has 22 heavy (non-hydrogen) atoms. The minimum atomic E-state index is -1.07. The van der Waals surface area contributed by atoms with Gasteiger partial charge >= 0.3 is 7.12 Å². The summed E-state index contributed by atoms with van der Waals surface area (Å²) >= 11 is 0. The maximum absolute atomic E-state index is 14.2. The highest BCUT2D eigenvalue weighted by Crippen LogP contribution is 2.37. The Morgan fingerprint density at radius 1 is 1.05 bits per heavy atom. The average Bonchev–Trinajstić information content (AvgIpc) is 2.64. The molecule has 0 spiro atoms. The first kappa shape index (κ1) is 17.2. The van der Waals surface area contributed by atoms with E-state index in [0.29, 0.717) is 5.46 Å². The molecule has 1 aromatic rings. The smallest absolute Gasteiger partial charge is 0.494 e. The molecule has 0 atom stereocenters. The SMILES string of the molecule is COCc1cc(B2OC(C)(C)C(C)(C)O2)c(OC)c(F)c1F. The van der Waals surface area contributed by atoms with E-state index in [1.807, 2.05) is 27.7 Å². The van der Waals surface area contributed by atoms with Crippen LogP contribution < -0.4 is 10.2 Å². The summed E-state index contributed by atoms with van der Waals surface area (Å²) in [4.78, 5) is 0. The molecule has 0 amide bonds. The van der Waals surface area contributed by atoms with E-state index in [4.69, 9.17) is 18.8 Å². The summed E-state index contributed by atoms with van der Waals surface area (Å²) in [5.41, 5.74) is -0.776. The topological polar surface area (TPSA) is 36.9 Å². The maximum atomic E-state index is 14.2. The molecule has 1 aromatic carbocycles. The molecule has 0 bridgehead atoms. The predicted octanol–water partition coefficient (Wildman–Crippen LogP) is 2.42. The molecule has 0 unspecified atom stereocenters. The van der Waals surface area contributed by atoms with Crippen molar-refractivity contribution >= 4 is 12.6 Å². The van der Waals surface area contributed by atoms with Crippen molar-refractivity contribution in [2.75, 3.05) is 14.2 Å². The van der Waals surface area contributed by atoms with Crippen molar-refractivity contribution in [1.29, 1.82) is 0 Å². The van der Waals surface area contributed by atoms with E-state index in [0.717, 1.165) is 0 Å². The van der Waals surface area contributed by atoms with Crippen LogP contribution in [0.3, 0.4) is 0 Å². The fourth-order valence-electron chi connectivity index (χ4n) is 2.30. The standard InChI is InChI=1S/C15H21BF2O4/c1-14(2)15(3,4)22-16(21-14)10-7-9(8-19-5)11(17)12(18)13(10)20-6/h7H,8H2,1-6H3.